The summed E-state index contributed by atoms with van der Waals surface area (Å²) in [5.41, 5.74) is 1.44. The van der Waals surface area contributed by atoms with Gasteiger partial charge in [-0.1, -0.05) is 0 Å². The lowest BCUT2D eigenvalue weighted by Crippen LogP contribution is -2.12. The molecule has 1 N–H and O–H groups in total. The van der Waals surface area contributed by atoms with E-state index in [1.165, 1.54) is 31.3 Å². The van der Waals surface area contributed by atoms with Gasteiger partial charge in [0.1, 0.15) is 11.5 Å². The van der Waals surface area contributed by atoms with Crippen LogP contribution in [0.25, 0.3) is 11.3 Å². The molecular formula is C13H10N4O6. The predicted molar refractivity (Wildman–Crippen MR) is 78.9 cm³/mol. The molecular weight excluding hydrogens is 308 g/mol. The second kappa shape index (κ2) is 6.47. The Kier molecular flexibility index (Phi) is 4.45. The number of benzene rings is 1. The number of nitrogens with one attached hydrogen (secondary N) is 1. The molecule has 2 aromatic rings. The van der Waals surface area contributed by atoms with Crippen LogP contribution < -0.4 is 5.43 Å². The lowest BCUT2D eigenvalue weighted by molar-refractivity contribution is -0.393. The molecule has 1 aromatic carbocycles. The van der Waals surface area contributed by atoms with E-state index < -0.39 is 15.5 Å². The van der Waals surface area contributed by atoms with Crippen LogP contribution in [0.15, 0.2) is 39.9 Å². The zero-order valence-electron chi connectivity index (χ0n) is 11.8. The van der Waals surface area contributed by atoms with Crippen molar-refractivity contribution >= 4 is 23.5 Å². The minimum Gasteiger partial charge on any atom is -0.455 e. The van der Waals surface area contributed by atoms with Crippen LogP contribution in [0.2, 0.25) is 0 Å². The van der Waals surface area contributed by atoms with Crippen molar-refractivity contribution in [2.24, 2.45) is 5.10 Å². The van der Waals surface area contributed by atoms with Crippen LogP contribution in [-0.2, 0) is 4.79 Å². The molecule has 10 heteroatoms. The van der Waals surface area contributed by atoms with E-state index in [9.17, 15) is 25.0 Å². The van der Waals surface area contributed by atoms with Crippen LogP contribution in [0.5, 0.6) is 0 Å². The fourth-order valence-electron chi connectivity index (χ4n) is 1.75. The van der Waals surface area contributed by atoms with Gasteiger partial charge >= 0.3 is 0 Å². The third kappa shape index (κ3) is 3.75. The molecule has 0 atom stereocenters. The summed E-state index contributed by atoms with van der Waals surface area (Å²) in [4.78, 5) is 31.0. The van der Waals surface area contributed by atoms with Crippen LogP contribution in [-0.4, -0.2) is 22.0 Å². The fourth-order valence-corrected chi connectivity index (χ4v) is 1.75. The van der Waals surface area contributed by atoms with E-state index in [1.54, 1.807) is 0 Å². The number of amides is 1. The number of carbonyl (C=O) groups is 1. The molecule has 10 nitrogen and oxygen atoms in total. The third-order valence-corrected chi connectivity index (χ3v) is 2.69. The molecule has 1 aromatic heterocycles. The predicted octanol–water partition coefficient (Wildman–Crippen LogP) is 2.23. The van der Waals surface area contributed by atoms with E-state index in [-0.39, 0.29) is 28.7 Å². The number of hydrazone groups is 1. The maximum absolute atomic E-state index is 11.1. The van der Waals surface area contributed by atoms with Crippen molar-refractivity contribution in [1.82, 2.24) is 5.43 Å². The third-order valence-electron chi connectivity index (χ3n) is 2.69. The molecule has 0 saturated carbocycles. The Morgan fingerprint density at radius 3 is 2.57 bits per heavy atom. The number of hydrogen-bond acceptors (Lipinski definition) is 7. The molecule has 0 radical (unpaired) electrons. The van der Waals surface area contributed by atoms with Gasteiger partial charge in [-0.25, -0.2) is 5.43 Å². The van der Waals surface area contributed by atoms with E-state index in [0.29, 0.717) is 0 Å². The maximum Gasteiger partial charge on any atom is 0.287 e. The van der Waals surface area contributed by atoms with Crippen molar-refractivity contribution in [2.75, 3.05) is 0 Å². The van der Waals surface area contributed by atoms with Gasteiger partial charge in [-0.3, -0.25) is 25.0 Å². The average molecular weight is 318 g/mol. The first-order valence-electron chi connectivity index (χ1n) is 6.21. The number of nitro benzene ring substituents is 2. The topological polar surface area (TPSA) is 141 Å². The Morgan fingerprint density at radius 2 is 1.96 bits per heavy atom. The summed E-state index contributed by atoms with van der Waals surface area (Å²) in [6.45, 7) is 1.28. The first-order valence-corrected chi connectivity index (χ1v) is 6.21. The number of nitrogens with zero attached hydrogens (tertiary/aromatic N) is 3. The highest BCUT2D eigenvalue weighted by Gasteiger charge is 2.22. The minimum atomic E-state index is -0.726. The Labute approximate surface area is 128 Å². The van der Waals surface area contributed by atoms with Crippen molar-refractivity contribution in [1.29, 1.82) is 0 Å². The van der Waals surface area contributed by atoms with Crippen LogP contribution in [0.1, 0.15) is 12.7 Å². The molecule has 118 valence electrons. The summed E-state index contributed by atoms with van der Waals surface area (Å²) >= 11 is 0. The number of carbonyl (C=O) groups excluding carboxylic acids is 1. The van der Waals surface area contributed by atoms with Gasteiger partial charge in [-0.2, -0.15) is 5.10 Å². The summed E-state index contributed by atoms with van der Waals surface area (Å²) in [6, 6.07) is 6.21. The smallest absolute Gasteiger partial charge is 0.287 e. The molecule has 0 saturated heterocycles. The Bertz CT molecular complexity index is 811. The molecule has 1 amide bonds. The van der Waals surface area contributed by atoms with Crippen molar-refractivity contribution < 1.29 is 19.1 Å². The summed E-state index contributed by atoms with van der Waals surface area (Å²) in [7, 11) is 0. The van der Waals surface area contributed by atoms with Gasteiger partial charge in [-0.15, -0.1) is 0 Å². The fraction of sp³-hybridized carbons (Fsp3) is 0.0769. The first kappa shape index (κ1) is 15.8. The molecule has 0 bridgehead atoms. The second-order valence-electron chi connectivity index (χ2n) is 4.34. The number of non-ortho nitro benzene ring substituents is 1. The molecule has 0 aliphatic heterocycles. The van der Waals surface area contributed by atoms with Gasteiger partial charge in [0.05, 0.1) is 27.7 Å². The lowest BCUT2D eigenvalue weighted by atomic mass is 10.1. The summed E-state index contributed by atoms with van der Waals surface area (Å²) in [5.74, 6) is 0.0383. The number of nitro groups is 2. The van der Waals surface area contributed by atoms with E-state index in [1.807, 2.05) is 0 Å². The van der Waals surface area contributed by atoms with Gasteiger partial charge in [0.25, 0.3) is 11.4 Å². The van der Waals surface area contributed by atoms with Crippen molar-refractivity contribution in [2.45, 2.75) is 6.92 Å². The van der Waals surface area contributed by atoms with Crippen LogP contribution >= 0.6 is 0 Å². The van der Waals surface area contributed by atoms with E-state index in [4.69, 9.17) is 4.42 Å². The summed E-state index contributed by atoms with van der Waals surface area (Å²) in [6.07, 6.45) is 1.22. The summed E-state index contributed by atoms with van der Waals surface area (Å²) in [5, 5.41) is 25.4. The van der Waals surface area contributed by atoms with Crippen LogP contribution in [0.3, 0.4) is 0 Å². The molecule has 0 unspecified atom stereocenters. The average Bonchev–Trinajstić information content (AvgIpc) is 2.94. The largest absolute Gasteiger partial charge is 0.455 e. The molecule has 1 heterocycles. The van der Waals surface area contributed by atoms with E-state index >= 15 is 0 Å². The monoisotopic (exact) mass is 318 g/mol. The first-order chi connectivity index (χ1) is 10.9. The van der Waals surface area contributed by atoms with Crippen LogP contribution in [0.4, 0.5) is 11.4 Å². The molecule has 23 heavy (non-hydrogen) atoms. The van der Waals surface area contributed by atoms with Gasteiger partial charge in [0, 0.05) is 13.0 Å². The molecule has 0 spiro atoms. The highest BCUT2D eigenvalue weighted by atomic mass is 16.6. The number of hydrogen-bond donors (Lipinski definition) is 1. The zero-order valence-corrected chi connectivity index (χ0v) is 11.8. The standard InChI is InChI=1S/C13H10N4O6/c1-8(18)15-14-7-10-3-5-13(23-10)11-4-2-9(16(19)20)6-12(11)17(21)22/h2-7H,1H3,(H,15,18). The highest BCUT2D eigenvalue weighted by molar-refractivity contribution is 5.81. The summed E-state index contributed by atoms with van der Waals surface area (Å²) < 4.78 is 5.37. The molecule has 2 rings (SSSR count). The number of rotatable bonds is 5. The quantitative estimate of drug-likeness (QED) is 0.509. The Hall–Kier alpha value is -3.56. The minimum absolute atomic E-state index is 0.0970. The molecule has 0 aliphatic carbocycles. The molecule has 0 fully saturated rings. The highest BCUT2D eigenvalue weighted by Crippen LogP contribution is 2.33. The zero-order chi connectivity index (χ0) is 17.0. The Balaban J connectivity index is 2.37. The van der Waals surface area contributed by atoms with Crippen molar-refractivity contribution in [3.63, 3.8) is 0 Å². The molecule has 0 aliphatic rings. The maximum atomic E-state index is 11.1. The second-order valence-corrected chi connectivity index (χ2v) is 4.34. The number of furan rings is 1. The van der Waals surface area contributed by atoms with Gasteiger partial charge in [0.2, 0.25) is 5.91 Å². The van der Waals surface area contributed by atoms with E-state index in [0.717, 1.165) is 12.1 Å². The lowest BCUT2D eigenvalue weighted by Gasteiger charge is -1.99. The van der Waals surface area contributed by atoms with Gasteiger partial charge in [-0.05, 0) is 18.2 Å². The normalized spacial score (nSPS) is 10.7. The SMILES string of the molecule is CC(=O)NN=Cc1ccc(-c2ccc([N+](=O)[O-])cc2[N+](=O)[O-])o1. The van der Waals surface area contributed by atoms with E-state index in [2.05, 4.69) is 10.5 Å². The van der Waals surface area contributed by atoms with Crippen LogP contribution in [0, 0.1) is 20.2 Å². The van der Waals surface area contributed by atoms with Crippen molar-refractivity contribution in [3.05, 3.63) is 56.3 Å². The van der Waals surface area contributed by atoms with Crippen molar-refractivity contribution in [3.8, 4) is 11.3 Å². The Morgan fingerprint density at radius 1 is 1.22 bits per heavy atom. The van der Waals surface area contributed by atoms with Gasteiger partial charge in [0.15, 0.2) is 0 Å². The van der Waals surface area contributed by atoms with Gasteiger partial charge < -0.3 is 4.42 Å².